The van der Waals surface area contributed by atoms with Gasteiger partial charge in [0.1, 0.15) is 6.61 Å². The zero-order chi connectivity index (χ0) is 12.8. The molecule has 0 spiro atoms. The molecule has 0 aromatic heterocycles. The van der Waals surface area contributed by atoms with Crippen LogP contribution in [0, 0.1) is 5.92 Å². The summed E-state index contributed by atoms with van der Waals surface area (Å²) in [6.07, 6.45) is 0.753. The molecule has 2 N–H and O–H groups in total. The van der Waals surface area contributed by atoms with Gasteiger partial charge in [0.15, 0.2) is 0 Å². The number of nitrogens with one attached hydrogen (secondary N) is 2. The van der Waals surface area contributed by atoms with Gasteiger partial charge < -0.3 is 15.4 Å². The molecule has 4 nitrogen and oxygen atoms in total. The van der Waals surface area contributed by atoms with Gasteiger partial charge in [0.05, 0.1) is 0 Å². The van der Waals surface area contributed by atoms with E-state index in [0.717, 1.165) is 25.1 Å². The fraction of sp³-hybridized carbons (Fsp3) is 0.500. The summed E-state index contributed by atoms with van der Waals surface area (Å²) in [7, 11) is 0. The van der Waals surface area contributed by atoms with Gasteiger partial charge in [-0.3, -0.25) is 0 Å². The first kappa shape index (κ1) is 12.9. The van der Waals surface area contributed by atoms with Crippen molar-refractivity contribution in [2.45, 2.75) is 26.0 Å². The van der Waals surface area contributed by atoms with Gasteiger partial charge in [-0.25, -0.2) is 4.79 Å². The molecule has 2 rings (SSSR count). The van der Waals surface area contributed by atoms with E-state index in [9.17, 15) is 4.79 Å². The van der Waals surface area contributed by atoms with Crippen molar-refractivity contribution in [1.82, 2.24) is 10.6 Å². The summed E-state index contributed by atoms with van der Waals surface area (Å²) in [5, 5.41) is 6.19. The van der Waals surface area contributed by atoms with Crippen LogP contribution in [0.2, 0.25) is 0 Å². The Morgan fingerprint density at radius 2 is 2.22 bits per heavy atom. The predicted molar refractivity (Wildman–Crippen MR) is 70.2 cm³/mol. The molecule has 1 amide bonds. The van der Waals surface area contributed by atoms with Crippen LogP contribution in [0.4, 0.5) is 4.79 Å². The standard InChI is InChI=1S/C14H20N2O2/c1-11-7-8-15-9-13(11)16-14(17)18-10-12-5-3-2-4-6-12/h2-6,11,13,15H,7-10H2,1H3,(H,16,17)/t11-,13?/m0/s1. The van der Waals surface area contributed by atoms with E-state index in [1.165, 1.54) is 0 Å². The third-order valence-electron chi connectivity index (χ3n) is 3.34. The minimum absolute atomic E-state index is 0.169. The van der Waals surface area contributed by atoms with Gasteiger partial charge in [-0.05, 0) is 24.4 Å². The Balaban J connectivity index is 1.75. The predicted octanol–water partition coefficient (Wildman–Crippen LogP) is 1.91. The van der Waals surface area contributed by atoms with E-state index < -0.39 is 0 Å². The number of rotatable bonds is 3. The van der Waals surface area contributed by atoms with E-state index >= 15 is 0 Å². The van der Waals surface area contributed by atoms with E-state index in [2.05, 4.69) is 17.6 Å². The molecule has 1 heterocycles. The molecule has 0 aliphatic carbocycles. The maximum Gasteiger partial charge on any atom is 0.407 e. The molecular formula is C14H20N2O2. The van der Waals surface area contributed by atoms with Crippen molar-refractivity contribution >= 4 is 6.09 Å². The van der Waals surface area contributed by atoms with Crippen LogP contribution < -0.4 is 10.6 Å². The Labute approximate surface area is 108 Å². The Hall–Kier alpha value is -1.55. The van der Waals surface area contributed by atoms with E-state index in [1.807, 2.05) is 30.3 Å². The molecule has 1 fully saturated rings. The Morgan fingerprint density at radius 3 is 2.94 bits per heavy atom. The molecule has 1 saturated heterocycles. The van der Waals surface area contributed by atoms with Crippen molar-refractivity contribution in [3.8, 4) is 0 Å². The Morgan fingerprint density at radius 1 is 1.44 bits per heavy atom. The molecule has 0 radical (unpaired) electrons. The van der Waals surface area contributed by atoms with Crippen LogP contribution in [-0.4, -0.2) is 25.2 Å². The number of benzene rings is 1. The second-order valence-corrected chi connectivity index (χ2v) is 4.78. The lowest BCUT2D eigenvalue weighted by atomic mass is 9.95. The van der Waals surface area contributed by atoms with E-state index in [0.29, 0.717) is 12.5 Å². The van der Waals surface area contributed by atoms with E-state index in [4.69, 9.17) is 4.74 Å². The van der Waals surface area contributed by atoms with Crippen LogP contribution in [0.5, 0.6) is 0 Å². The van der Waals surface area contributed by atoms with Crippen LogP contribution in [0.3, 0.4) is 0 Å². The quantitative estimate of drug-likeness (QED) is 0.859. The number of hydrogen-bond donors (Lipinski definition) is 2. The minimum atomic E-state index is -0.334. The first-order valence-electron chi connectivity index (χ1n) is 6.43. The normalized spacial score (nSPS) is 23.4. The van der Waals surface area contributed by atoms with Gasteiger partial charge >= 0.3 is 6.09 Å². The Kier molecular flexibility index (Phi) is 4.59. The highest BCUT2D eigenvalue weighted by atomic mass is 16.5. The van der Waals surface area contributed by atoms with Gasteiger partial charge in [0, 0.05) is 12.6 Å². The third-order valence-corrected chi connectivity index (χ3v) is 3.34. The van der Waals surface area contributed by atoms with E-state index in [-0.39, 0.29) is 12.1 Å². The molecule has 1 aromatic rings. The van der Waals surface area contributed by atoms with Gasteiger partial charge in [-0.1, -0.05) is 37.3 Å². The van der Waals surface area contributed by atoms with Crippen molar-refractivity contribution in [3.63, 3.8) is 0 Å². The van der Waals surface area contributed by atoms with Gasteiger partial charge in [0.25, 0.3) is 0 Å². The number of piperidine rings is 1. The van der Waals surface area contributed by atoms with Crippen molar-refractivity contribution in [3.05, 3.63) is 35.9 Å². The van der Waals surface area contributed by atoms with Crippen LogP contribution in [0.15, 0.2) is 30.3 Å². The number of carbonyl (C=O) groups excluding carboxylic acids is 1. The van der Waals surface area contributed by atoms with Crippen LogP contribution in [0.25, 0.3) is 0 Å². The maximum absolute atomic E-state index is 11.7. The molecule has 1 aliphatic heterocycles. The highest BCUT2D eigenvalue weighted by molar-refractivity contribution is 5.67. The largest absolute Gasteiger partial charge is 0.445 e. The summed E-state index contributed by atoms with van der Waals surface area (Å²) in [5.41, 5.74) is 1.00. The van der Waals surface area contributed by atoms with Gasteiger partial charge in [0.2, 0.25) is 0 Å². The van der Waals surface area contributed by atoms with Crippen molar-refractivity contribution < 1.29 is 9.53 Å². The number of alkyl carbamates (subject to hydrolysis) is 1. The zero-order valence-corrected chi connectivity index (χ0v) is 10.7. The van der Waals surface area contributed by atoms with Crippen LogP contribution >= 0.6 is 0 Å². The highest BCUT2D eigenvalue weighted by Gasteiger charge is 2.22. The highest BCUT2D eigenvalue weighted by Crippen LogP contribution is 2.11. The summed E-state index contributed by atoms with van der Waals surface area (Å²) >= 11 is 0. The maximum atomic E-state index is 11.7. The molecular weight excluding hydrogens is 228 g/mol. The van der Waals surface area contributed by atoms with E-state index in [1.54, 1.807) is 0 Å². The molecule has 1 aromatic carbocycles. The lowest BCUT2D eigenvalue weighted by molar-refractivity contribution is 0.129. The minimum Gasteiger partial charge on any atom is -0.445 e. The van der Waals surface area contributed by atoms with Crippen LogP contribution in [0.1, 0.15) is 18.9 Å². The van der Waals surface area contributed by atoms with Crippen molar-refractivity contribution in [1.29, 1.82) is 0 Å². The summed E-state index contributed by atoms with van der Waals surface area (Å²) in [6.45, 7) is 4.32. The SMILES string of the molecule is C[C@H]1CCNCC1NC(=O)OCc1ccccc1. The summed E-state index contributed by atoms with van der Waals surface area (Å²) in [5.74, 6) is 0.496. The fourth-order valence-electron chi connectivity index (χ4n) is 2.10. The molecule has 2 atom stereocenters. The van der Waals surface area contributed by atoms with Crippen LogP contribution in [-0.2, 0) is 11.3 Å². The number of ether oxygens (including phenoxy) is 1. The topological polar surface area (TPSA) is 50.4 Å². The molecule has 1 aliphatic rings. The molecule has 0 saturated carbocycles. The smallest absolute Gasteiger partial charge is 0.407 e. The lowest BCUT2D eigenvalue weighted by Crippen LogP contribution is -2.50. The fourth-order valence-corrected chi connectivity index (χ4v) is 2.10. The van der Waals surface area contributed by atoms with Crippen molar-refractivity contribution in [2.24, 2.45) is 5.92 Å². The number of carbonyl (C=O) groups is 1. The first-order valence-corrected chi connectivity index (χ1v) is 6.43. The lowest BCUT2D eigenvalue weighted by Gasteiger charge is -2.29. The summed E-state index contributed by atoms with van der Waals surface area (Å²) in [6, 6.07) is 9.87. The average Bonchev–Trinajstić information content (AvgIpc) is 2.40. The Bertz CT molecular complexity index is 381. The average molecular weight is 248 g/mol. The second-order valence-electron chi connectivity index (χ2n) is 4.78. The number of amides is 1. The molecule has 4 heteroatoms. The molecule has 98 valence electrons. The molecule has 18 heavy (non-hydrogen) atoms. The molecule has 1 unspecified atom stereocenters. The second kappa shape index (κ2) is 6.40. The monoisotopic (exact) mass is 248 g/mol. The zero-order valence-electron chi connectivity index (χ0n) is 10.7. The van der Waals surface area contributed by atoms with Gasteiger partial charge in [-0.15, -0.1) is 0 Å². The first-order chi connectivity index (χ1) is 8.75. The number of hydrogen-bond acceptors (Lipinski definition) is 3. The summed E-state index contributed by atoms with van der Waals surface area (Å²) in [4.78, 5) is 11.7. The van der Waals surface area contributed by atoms with Crippen molar-refractivity contribution in [2.75, 3.05) is 13.1 Å². The molecule has 0 bridgehead atoms. The third kappa shape index (κ3) is 3.74. The van der Waals surface area contributed by atoms with Gasteiger partial charge in [-0.2, -0.15) is 0 Å². The summed E-state index contributed by atoms with van der Waals surface area (Å²) < 4.78 is 5.20.